The smallest absolute Gasteiger partial charge is 0.247 e. The molecular weight excluding hydrogens is 647 g/mol. The molecule has 3 aliphatic heterocycles. The number of carbonyl (C=O) groups excluding carboxylic acids is 1. The van der Waals surface area contributed by atoms with Crippen molar-refractivity contribution in [2.24, 2.45) is 5.92 Å². The predicted molar refractivity (Wildman–Crippen MR) is 190 cm³/mol. The highest BCUT2D eigenvalue weighted by Crippen LogP contribution is 2.41. The van der Waals surface area contributed by atoms with E-state index in [-0.39, 0.29) is 10.9 Å². The lowest BCUT2D eigenvalue weighted by Crippen LogP contribution is -2.53. The van der Waals surface area contributed by atoms with Crippen molar-refractivity contribution < 1.29 is 18.8 Å². The highest BCUT2D eigenvalue weighted by Gasteiger charge is 2.33. The minimum Gasteiger partial charge on any atom is -0.494 e. The summed E-state index contributed by atoms with van der Waals surface area (Å²) in [5, 5.41) is 7.99. The number of ether oxygens (including phenoxy) is 1. The van der Waals surface area contributed by atoms with Crippen LogP contribution in [0.4, 0.5) is 33.1 Å². The maximum atomic E-state index is 15.0. The zero-order valence-corrected chi connectivity index (χ0v) is 28.7. The van der Waals surface area contributed by atoms with Crippen molar-refractivity contribution in [2.75, 3.05) is 80.1 Å². The first-order valence-electron chi connectivity index (χ1n) is 17.2. The van der Waals surface area contributed by atoms with Crippen molar-refractivity contribution >= 4 is 46.2 Å². The number of halogens is 2. The van der Waals surface area contributed by atoms with Crippen molar-refractivity contribution in [3.63, 3.8) is 0 Å². The summed E-state index contributed by atoms with van der Waals surface area (Å²) in [7, 11) is 1.62. The number of amides is 1. The van der Waals surface area contributed by atoms with E-state index >= 15 is 0 Å². The Kier molecular flexibility index (Phi) is 10.2. The van der Waals surface area contributed by atoms with Gasteiger partial charge in [-0.15, -0.1) is 0 Å². The van der Waals surface area contributed by atoms with Gasteiger partial charge in [0.2, 0.25) is 5.91 Å². The molecule has 4 fully saturated rings. The van der Waals surface area contributed by atoms with Crippen molar-refractivity contribution in [1.82, 2.24) is 19.8 Å². The number of hydrogen-bond donors (Lipinski definition) is 2. The number of anilines is 5. The van der Waals surface area contributed by atoms with E-state index in [1.165, 1.54) is 50.9 Å². The molecule has 4 heterocycles. The van der Waals surface area contributed by atoms with E-state index < -0.39 is 11.9 Å². The molecular formula is C36H44ClFN8O3. The van der Waals surface area contributed by atoms with Crippen LogP contribution in [0.15, 0.2) is 55.4 Å². The van der Waals surface area contributed by atoms with Crippen LogP contribution in [0.2, 0.25) is 5.02 Å². The molecule has 11 nitrogen and oxygen atoms in total. The molecule has 0 bridgehead atoms. The first kappa shape index (κ1) is 33.5. The molecule has 3 saturated heterocycles. The highest BCUT2D eigenvalue weighted by atomic mass is 35.5. The second-order valence-electron chi connectivity index (χ2n) is 13.3. The van der Waals surface area contributed by atoms with Crippen LogP contribution in [-0.4, -0.2) is 91.2 Å². The zero-order chi connectivity index (χ0) is 33.9. The van der Waals surface area contributed by atoms with E-state index in [2.05, 4.69) is 41.9 Å². The predicted octanol–water partition coefficient (Wildman–Crippen LogP) is 6.03. The molecule has 1 aliphatic carbocycles. The number of benzene rings is 2. The van der Waals surface area contributed by atoms with Gasteiger partial charge < -0.3 is 25.2 Å². The van der Waals surface area contributed by atoms with Crippen LogP contribution < -0.4 is 25.3 Å². The molecule has 4 aliphatic rings. The van der Waals surface area contributed by atoms with Gasteiger partial charge in [-0.3, -0.25) is 14.5 Å². The molecule has 1 amide bonds. The summed E-state index contributed by atoms with van der Waals surface area (Å²) in [6.45, 7) is 11.7. The van der Waals surface area contributed by atoms with Gasteiger partial charge in [0.15, 0.2) is 5.82 Å². The third-order valence-corrected chi connectivity index (χ3v) is 10.4. The van der Waals surface area contributed by atoms with Crippen molar-refractivity contribution in [2.45, 2.75) is 44.2 Å². The van der Waals surface area contributed by atoms with E-state index in [4.69, 9.17) is 21.2 Å². The molecule has 0 spiro atoms. The Morgan fingerprint density at radius 2 is 1.86 bits per heavy atom. The van der Waals surface area contributed by atoms with Gasteiger partial charge >= 0.3 is 0 Å². The van der Waals surface area contributed by atoms with Gasteiger partial charge in [-0.25, -0.2) is 19.4 Å². The third-order valence-electron chi connectivity index (χ3n) is 10.1. The lowest BCUT2D eigenvalue weighted by atomic mass is 10.0. The Labute approximate surface area is 292 Å². The lowest BCUT2D eigenvalue weighted by Gasteiger charge is -2.43. The van der Waals surface area contributed by atoms with Crippen LogP contribution in [-0.2, 0) is 9.63 Å². The fourth-order valence-electron chi connectivity index (χ4n) is 7.26. The molecule has 13 heteroatoms. The molecule has 1 aromatic heterocycles. The number of methoxy groups -OCH3 is 1. The molecule has 2 aromatic carbocycles. The second-order valence-corrected chi connectivity index (χ2v) is 13.7. The van der Waals surface area contributed by atoms with Gasteiger partial charge in [0.25, 0.3) is 0 Å². The fraction of sp³-hybridized carbons (Fsp3) is 0.472. The van der Waals surface area contributed by atoms with Crippen LogP contribution in [0.5, 0.6) is 5.75 Å². The minimum absolute atomic E-state index is 0.0612. The van der Waals surface area contributed by atoms with Gasteiger partial charge in [-0.2, -0.15) is 0 Å². The highest BCUT2D eigenvalue weighted by molar-refractivity contribution is 6.30. The Hall–Kier alpha value is -3.97. The third kappa shape index (κ3) is 7.62. The molecule has 49 heavy (non-hydrogen) atoms. The van der Waals surface area contributed by atoms with Gasteiger partial charge in [0, 0.05) is 76.0 Å². The summed E-state index contributed by atoms with van der Waals surface area (Å²) in [5.74, 6) is 1.69. The quantitative estimate of drug-likeness (QED) is 0.232. The van der Waals surface area contributed by atoms with E-state index in [1.807, 2.05) is 12.1 Å². The number of aromatic nitrogens is 2. The first-order chi connectivity index (χ1) is 23.9. The standard InChI is InChI=1S/C36H44ClFN8O3/c1-3-35(47)42-28-19-29(41-33-21-34(40-23-39-33)46-30(11-18-49-46)26-5-4-6-27(37)36(26)38)32(48-2)20-31(28)45-12-9-25(10-13-45)44-16-14-43(15-17-44)22-24-7-8-24/h3-6,19-21,23-25,30H,1,7-18,22H2,2H3,(H,42,47)(H,39,40,41)/t30-/m1/s1. The molecule has 2 N–H and O–H groups in total. The Morgan fingerprint density at radius 1 is 1.06 bits per heavy atom. The molecule has 7 rings (SSSR count). The first-order valence-corrected chi connectivity index (χ1v) is 17.6. The topological polar surface area (TPSA) is 98.3 Å². The number of rotatable bonds is 11. The van der Waals surface area contributed by atoms with Gasteiger partial charge in [-0.05, 0) is 49.8 Å². The number of nitrogens with zero attached hydrogens (tertiary/aromatic N) is 6. The fourth-order valence-corrected chi connectivity index (χ4v) is 7.44. The average molecular weight is 691 g/mol. The van der Waals surface area contributed by atoms with Crippen molar-refractivity contribution in [1.29, 1.82) is 0 Å². The number of piperidine rings is 1. The van der Waals surface area contributed by atoms with Crippen molar-refractivity contribution in [3.8, 4) is 5.75 Å². The summed E-state index contributed by atoms with van der Waals surface area (Å²) in [4.78, 5) is 35.0. The molecule has 0 radical (unpaired) electrons. The maximum Gasteiger partial charge on any atom is 0.247 e. The Balaban J connectivity index is 1.07. The monoisotopic (exact) mass is 690 g/mol. The second kappa shape index (κ2) is 14.9. The number of hydroxylamine groups is 1. The van der Waals surface area contributed by atoms with Crippen LogP contribution in [0.3, 0.4) is 0 Å². The number of nitrogens with one attached hydrogen (secondary N) is 2. The average Bonchev–Trinajstić information content (AvgIpc) is 3.81. The molecule has 1 atom stereocenters. The largest absolute Gasteiger partial charge is 0.494 e. The van der Waals surface area contributed by atoms with E-state index in [0.29, 0.717) is 53.4 Å². The molecule has 0 unspecified atom stereocenters. The molecule has 260 valence electrons. The van der Waals surface area contributed by atoms with Crippen LogP contribution in [0.1, 0.15) is 43.7 Å². The number of carbonyl (C=O) groups is 1. The summed E-state index contributed by atoms with van der Waals surface area (Å²) in [6.07, 6.45) is 8.18. The summed E-state index contributed by atoms with van der Waals surface area (Å²) in [6, 6.07) is 10.7. The minimum atomic E-state index is -0.470. The van der Waals surface area contributed by atoms with Gasteiger partial charge in [-0.1, -0.05) is 30.3 Å². The molecule has 1 saturated carbocycles. The Bertz CT molecular complexity index is 1660. The van der Waals surface area contributed by atoms with Crippen molar-refractivity contribution in [3.05, 3.63) is 71.8 Å². The van der Waals surface area contributed by atoms with Gasteiger partial charge in [0.1, 0.15) is 23.7 Å². The van der Waals surface area contributed by atoms with E-state index in [1.54, 1.807) is 30.4 Å². The van der Waals surface area contributed by atoms with Crippen LogP contribution in [0.25, 0.3) is 0 Å². The van der Waals surface area contributed by atoms with Crippen LogP contribution in [0, 0.1) is 11.7 Å². The number of hydrogen-bond acceptors (Lipinski definition) is 10. The van der Waals surface area contributed by atoms with E-state index in [0.717, 1.165) is 50.6 Å². The van der Waals surface area contributed by atoms with E-state index in [9.17, 15) is 9.18 Å². The Morgan fingerprint density at radius 3 is 2.59 bits per heavy atom. The normalized spacial score (nSPS) is 20.8. The summed E-state index contributed by atoms with van der Waals surface area (Å²) in [5.41, 5.74) is 2.59. The molecule has 3 aromatic rings. The summed E-state index contributed by atoms with van der Waals surface area (Å²) >= 11 is 6.08. The number of piperazine rings is 1. The lowest BCUT2D eigenvalue weighted by molar-refractivity contribution is -0.111. The van der Waals surface area contributed by atoms with Crippen LogP contribution >= 0.6 is 11.6 Å². The maximum absolute atomic E-state index is 15.0. The SMILES string of the molecule is C=CC(=O)Nc1cc(Nc2cc(N3OCC[C@@H]3c3cccc(Cl)c3F)ncn2)c(OC)cc1N1CCC(N2CCN(CC3CC3)CC2)CC1. The summed E-state index contributed by atoms with van der Waals surface area (Å²) < 4.78 is 20.8. The zero-order valence-electron chi connectivity index (χ0n) is 27.9. The van der Waals surface area contributed by atoms with Gasteiger partial charge in [0.05, 0.1) is 41.8 Å².